The van der Waals surface area contributed by atoms with Gasteiger partial charge in [0.1, 0.15) is 0 Å². The summed E-state index contributed by atoms with van der Waals surface area (Å²) in [6, 6.07) is 4.87. The summed E-state index contributed by atoms with van der Waals surface area (Å²) in [6.07, 6.45) is 1.55. The van der Waals surface area contributed by atoms with Crippen molar-refractivity contribution in [3.05, 3.63) is 51.3 Å². The van der Waals surface area contributed by atoms with Crippen molar-refractivity contribution in [3.63, 3.8) is 0 Å². The number of carbonyl (C=O) groups is 2. The molecule has 1 saturated heterocycles. The number of amides is 1. The lowest BCUT2D eigenvalue weighted by Gasteiger charge is -2.28. The number of Topliss-reactive ketones (excluding diaryl/α,β-unsaturated/α-hetero) is 1. The Morgan fingerprint density at radius 2 is 2.08 bits per heavy atom. The van der Waals surface area contributed by atoms with E-state index >= 15 is 0 Å². The summed E-state index contributed by atoms with van der Waals surface area (Å²) in [6.45, 7) is 2.15. The van der Waals surface area contributed by atoms with E-state index in [9.17, 15) is 24.8 Å². The maximum atomic E-state index is 12.5. The minimum absolute atomic E-state index is 0.0110. The van der Waals surface area contributed by atoms with Crippen molar-refractivity contribution >= 4 is 17.4 Å². The van der Waals surface area contributed by atoms with E-state index in [1.807, 2.05) is 0 Å². The highest BCUT2D eigenvalue weighted by Crippen LogP contribution is 2.38. The van der Waals surface area contributed by atoms with Crippen molar-refractivity contribution < 1.29 is 24.4 Å². The Balaban J connectivity index is 1.97. The highest BCUT2D eigenvalue weighted by atomic mass is 16.6. The molecule has 0 saturated carbocycles. The van der Waals surface area contributed by atoms with E-state index in [1.54, 1.807) is 0 Å². The van der Waals surface area contributed by atoms with E-state index in [-0.39, 0.29) is 23.9 Å². The lowest BCUT2D eigenvalue weighted by molar-refractivity contribution is -0.384. The first-order chi connectivity index (χ1) is 11.9. The summed E-state index contributed by atoms with van der Waals surface area (Å²) in [4.78, 5) is 36.2. The topological polar surface area (TPSA) is 110 Å². The molecule has 0 aliphatic carbocycles. The van der Waals surface area contributed by atoms with Gasteiger partial charge in [-0.1, -0.05) is 0 Å². The van der Waals surface area contributed by atoms with Crippen molar-refractivity contribution in [1.82, 2.24) is 4.90 Å². The standard InChI is InChI=1S/C17H18N2O6/c1-10(20)14-15(11-4-6-12(7-5-11)19(23)24)18(17(22)16(14)21)9-13-3-2-8-25-13/h4-7,13,15,21H,2-3,8-9H2,1H3. The fraction of sp³-hybridized carbons (Fsp3) is 0.412. The molecule has 2 atom stereocenters. The van der Waals surface area contributed by atoms with Gasteiger partial charge in [0, 0.05) is 25.3 Å². The first-order valence-electron chi connectivity index (χ1n) is 8.01. The molecule has 1 N–H and O–H groups in total. The zero-order valence-corrected chi connectivity index (χ0v) is 13.7. The molecule has 1 aromatic carbocycles. The van der Waals surface area contributed by atoms with Gasteiger partial charge in [-0.05, 0) is 37.5 Å². The van der Waals surface area contributed by atoms with Crippen molar-refractivity contribution in [1.29, 1.82) is 0 Å². The number of benzene rings is 1. The predicted octanol–water partition coefficient (Wildman–Crippen LogP) is 2.06. The molecule has 2 aliphatic heterocycles. The van der Waals surface area contributed by atoms with E-state index < -0.39 is 28.4 Å². The third-order valence-electron chi connectivity index (χ3n) is 4.53. The number of ketones is 1. The number of aliphatic hydroxyl groups excluding tert-OH is 1. The molecule has 0 aromatic heterocycles. The molecule has 3 rings (SSSR count). The Labute approximate surface area is 143 Å². The van der Waals surface area contributed by atoms with Crippen LogP contribution in [0.2, 0.25) is 0 Å². The molecule has 0 bridgehead atoms. The van der Waals surface area contributed by atoms with Crippen LogP contribution in [0.5, 0.6) is 0 Å². The number of non-ortho nitro benzene ring substituents is 1. The van der Waals surface area contributed by atoms with Crippen LogP contribution < -0.4 is 0 Å². The molecule has 0 radical (unpaired) electrons. The Bertz CT molecular complexity index is 749. The van der Waals surface area contributed by atoms with Crippen LogP contribution in [0.25, 0.3) is 0 Å². The summed E-state index contributed by atoms with van der Waals surface area (Å²) in [7, 11) is 0. The largest absolute Gasteiger partial charge is 0.503 e. The highest BCUT2D eigenvalue weighted by molar-refractivity contribution is 6.08. The molecule has 1 amide bonds. The van der Waals surface area contributed by atoms with Gasteiger partial charge in [0.05, 0.1) is 22.6 Å². The van der Waals surface area contributed by atoms with Gasteiger partial charge in [-0.15, -0.1) is 0 Å². The molecule has 25 heavy (non-hydrogen) atoms. The van der Waals surface area contributed by atoms with Crippen molar-refractivity contribution in [2.24, 2.45) is 0 Å². The number of nitro groups is 1. The number of nitro benzene ring substituents is 1. The summed E-state index contributed by atoms with van der Waals surface area (Å²) in [5.41, 5.74) is 0.458. The van der Waals surface area contributed by atoms with Crippen molar-refractivity contribution in [2.45, 2.75) is 31.9 Å². The number of hydrogen-bond donors (Lipinski definition) is 1. The van der Waals surface area contributed by atoms with E-state index in [2.05, 4.69) is 0 Å². The van der Waals surface area contributed by atoms with Gasteiger partial charge in [-0.25, -0.2) is 0 Å². The molecule has 8 nitrogen and oxygen atoms in total. The summed E-state index contributed by atoms with van der Waals surface area (Å²) >= 11 is 0. The van der Waals surface area contributed by atoms with Gasteiger partial charge in [0.25, 0.3) is 11.6 Å². The van der Waals surface area contributed by atoms with Gasteiger partial charge >= 0.3 is 0 Å². The van der Waals surface area contributed by atoms with Crippen LogP contribution in [0, 0.1) is 10.1 Å². The summed E-state index contributed by atoms with van der Waals surface area (Å²) < 4.78 is 5.56. The number of rotatable bonds is 5. The molecule has 132 valence electrons. The minimum atomic E-state index is -0.769. The molecule has 2 aliphatic rings. The average Bonchev–Trinajstić information content (AvgIpc) is 3.17. The van der Waals surface area contributed by atoms with E-state index in [0.29, 0.717) is 12.2 Å². The zero-order chi connectivity index (χ0) is 18.1. The maximum Gasteiger partial charge on any atom is 0.290 e. The number of nitrogens with zero attached hydrogens (tertiary/aromatic N) is 2. The van der Waals surface area contributed by atoms with Gasteiger partial charge in [0.15, 0.2) is 11.5 Å². The van der Waals surface area contributed by atoms with Crippen molar-refractivity contribution in [2.75, 3.05) is 13.2 Å². The summed E-state index contributed by atoms with van der Waals surface area (Å²) in [5.74, 6) is -1.60. The third-order valence-corrected chi connectivity index (χ3v) is 4.53. The molecule has 2 heterocycles. The second-order valence-electron chi connectivity index (χ2n) is 6.16. The number of aliphatic hydroxyl groups is 1. The average molecular weight is 346 g/mol. The maximum absolute atomic E-state index is 12.5. The van der Waals surface area contributed by atoms with Crippen LogP contribution >= 0.6 is 0 Å². The SMILES string of the molecule is CC(=O)C1=C(O)C(=O)N(CC2CCCO2)C1c1ccc([N+](=O)[O-])cc1. The fourth-order valence-electron chi connectivity index (χ4n) is 3.33. The quantitative estimate of drug-likeness (QED) is 0.645. The molecular weight excluding hydrogens is 328 g/mol. The Kier molecular flexibility index (Phi) is 4.54. The van der Waals surface area contributed by atoms with E-state index in [4.69, 9.17) is 4.74 Å². The van der Waals surface area contributed by atoms with Crippen LogP contribution in [0.15, 0.2) is 35.6 Å². The summed E-state index contributed by atoms with van der Waals surface area (Å²) in [5, 5.41) is 21.0. The molecular formula is C17H18N2O6. The van der Waals surface area contributed by atoms with Gasteiger partial charge in [-0.2, -0.15) is 0 Å². The third kappa shape index (κ3) is 3.12. The van der Waals surface area contributed by atoms with Gasteiger partial charge in [-0.3, -0.25) is 19.7 Å². The predicted molar refractivity (Wildman–Crippen MR) is 86.9 cm³/mol. The monoisotopic (exact) mass is 346 g/mol. The van der Waals surface area contributed by atoms with Gasteiger partial charge in [0.2, 0.25) is 0 Å². The number of hydrogen-bond acceptors (Lipinski definition) is 6. The minimum Gasteiger partial charge on any atom is -0.503 e. The molecule has 0 spiro atoms. The van der Waals surface area contributed by atoms with Crippen LogP contribution in [-0.4, -0.2) is 45.9 Å². The van der Waals surface area contributed by atoms with Crippen LogP contribution in [0.3, 0.4) is 0 Å². The highest BCUT2D eigenvalue weighted by Gasteiger charge is 2.43. The van der Waals surface area contributed by atoms with Crippen LogP contribution in [0.4, 0.5) is 5.69 Å². The first kappa shape index (κ1) is 17.1. The lowest BCUT2D eigenvalue weighted by Crippen LogP contribution is -2.37. The van der Waals surface area contributed by atoms with Crippen LogP contribution in [0.1, 0.15) is 31.4 Å². The molecule has 2 unspecified atom stereocenters. The Morgan fingerprint density at radius 1 is 1.40 bits per heavy atom. The Hall–Kier alpha value is -2.74. The second kappa shape index (κ2) is 6.64. The molecule has 1 fully saturated rings. The number of ether oxygens (including phenoxy) is 1. The number of carbonyl (C=O) groups excluding carboxylic acids is 2. The molecule has 1 aromatic rings. The van der Waals surface area contributed by atoms with E-state index in [1.165, 1.54) is 36.1 Å². The first-order valence-corrected chi connectivity index (χ1v) is 8.01. The second-order valence-corrected chi connectivity index (χ2v) is 6.16. The fourth-order valence-corrected chi connectivity index (χ4v) is 3.33. The molecule has 8 heteroatoms. The zero-order valence-electron chi connectivity index (χ0n) is 13.7. The van der Waals surface area contributed by atoms with E-state index in [0.717, 1.165) is 12.8 Å². The van der Waals surface area contributed by atoms with Gasteiger partial charge < -0.3 is 14.7 Å². The lowest BCUT2D eigenvalue weighted by atomic mass is 9.96. The smallest absolute Gasteiger partial charge is 0.290 e. The van der Waals surface area contributed by atoms with Crippen molar-refractivity contribution in [3.8, 4) is 0 Å². The normalized spacial score (nSPS) is 23.4. The Morgan fingerprint density at radius 3 is 2.60 bits per heavy atom. The van der Waals surface area contributed by atoms with Crippen LogP contribution in [-0.2, 0) is 14.3 Å².